The fraction of sp³-hybridized carbons (Fsp3) is 0.538. The number of benzene rings is 1. The zero-order valence-electron chi connectivity index (χ0n) is 10.1. The predicted molar refractivity (Wildman–Crippen MR) is 63.6 cm³/mol. The fourth-order valence-corrected chi connectivity index (χ4v) is 2.05. The molecule has 2 nitrogen and oxygen atoms in total. The van der Waals surface area contributed by atoms with Crippen LogP contribution < -0.4 is 10.1 Å². The Hall–Kier alpha value is -1.39. The second-order valence-corrected chi connectivity index (χ2v) is 4.57. The third-order valence-electron chi connectivity index (χ3n) is 3.05. The van der Waals surface area contributed by atoms with Crippen LogP contribution in [0.3, 0.4) is 0 Å². The van der Waals surface area contributed by atoms with Crippen molar-refractivity contribution in [3.05, 3.63) is 24.3 Å². The minimum absolute atomic E-state index is 0.182. The maximum atomic E-state index is 12.1. The molecule has 1 aliphatic rings. The van der Waals surface area contributed by atoms with Gasteiger partial charge in [0.05, 0.1) is 0 Å². The molecule has 0 aromatic heterocycles. The minimum atomic E-state index is -4.64. The topological polar surface area (TPSA) is 21.3 Å². The maximum Gasteiger partial charge on any atom is 0.573 e. The first-order chi connectivity index (χ1) is 8.48. The molecule has 0 heterocycles. The van der Waals surface area contributed by atoms with Gasteiger partial charge in [0.2, 0.25) is 0 Å². The summed E-state index contributed by atoms with van der Waals surface area (Å²) in [5, 5.41) is 3.27. The lowest BCUT2D eigenvalue weighted by atomic mass is 10.1. The van der Waals surface area contributed by atoms with Crippen molar-refractivity contribution in [2.24, 2.45) is 5.92 Å². The van der Waals surface area contributed by atoms with Crippen molar-refractivity contribution in [3.63, 3.8) is 0 Å². The number of ether oxygens (including phenoxy) is 1. The zero-order valence-corrected chi connectivity index (χ0v) is 10.1. The molecule has 1 fully saturated rings. The van der Waals surface area contributed by atoms with Crippen LogP contribution in [0.5, 0.6) is 5.75 Å². The molecular formula is C13H16F3NO. The van der Waals surface area contributed by atoms with E-state index in [1.54, 1.807) is 12.1 Å². The van der Waals surface area contributed by atoms with Crippen LogP contribution >= 0.6 is 0 Å². The first-order valence-electron chi connectivity index (χ1n) is 6.10. The number of halogens is 3. The van der Waals surface area contributed by atoms with Crippen molar-refractivity contribution in [2.75, 3.05) is 5.32 Å². The van der Waals surface area contributed by atoms with Gasteiger partial charge in [0, 0.05) is 17.8 Å². The third-order valence-corrected chi connectivity index (χ3v) is 3.05. The molecule has 1 aliphatic carbocycles. The van der Waals surface area contributed by atoms with Gasteiger partial charge < -0.3 is 10.1 Å². The Kier molecular flexibility index (Phi) is 3.68. The summed E-state index contributed by atoms with van der Waals surface area (Å²) in [6.07, 6.45) is -1.28. The second kappa shape index (κ2) is 5.08. The summed E-state index contributed by atoms with van der Waals surface area (Å²) in [6.45, 7) is 2.08. The van der Waals surface area contributed by atoms with Crippen LogP contribution in [0.2, 0.25) is 0 Å². The Balaban J connectivity index is 2.02. The van der Waals surface area contributed by atoms with E-state index >= 15 is 0 Å². The molecule has 18 heavy (non-hydrogen) atoms. The third kappa shape index (κ3) is 3.82. The van der Waals surface area contributed by atoms with Gasteiger partial charge in [-0.2, -0.15) is 0 Å². The highest BCUT2D eigenvalue weighted by atomic mass is 19.4. The molecule has 1 N–H and O–H groups in total. The number of rotatable bonds is 5. The Morgan fingerprint density at radius 3 is 2.67 bits per heavy atom. The average molecular weight is 259 g/mol. The van der Waals surface area contributed by atoms with E-state index in [0.717, 1.165) is 6.42 Å². The highest BCUT2D eigenvalue weighted by Crippen LogP contribution is 2.36. The predicted octanol–water partition coefficient (Wildman–Crippen LogP) is 4.19. The normalized spacial score (nSPS) is 17.3. The van der Waals surface area contributed by atoms with Crippen LogP contribution in [0.15, 0.2) is 24.3 Å². The summed E-state index contributed by atoms with van der Waals surface area (Å²) in [7, 11) is 0. The Morgan fingerprint density at radius 2 is 2.11 bits per heavy atom. The molecule has 0 bridgehead atoms. The van der Waals surface area contributed by atoms with Crippen LogP contribution in [0, 0.1) is 5.92 Å². The molecule has 100 valence electrons. The molecule has 2 rings (SSSR count). The Bertz CT molecular complexity index is 401. The SMILES string of the molecule is CCC(Nc1cccc(OC(F)(F)F)c1)C1CC1. The van der Waals surface area contributed by atoms with E-state index in [2.05, 4.69) is 17.0 Å². The van der Waals surface area contributed by atoms with Crippen LogP contribution in [0.25, 0.3) is 0 Å². The number of hydrogen-bond donors (Lipinski definition) is 1. The van der Waals surface area contributed by atoms with Gasteiger partial charge in [0.15, 0.2) is 0 Å². The van der Waals surface area contributed by atoms with Crippen molar-refractivity contribution in [1.82, 2.24) is 0 Å². The summed E-state index contributed by atoms with van der Waals surface area (Å²) in [6, 6.07) is 6.35. The van der Waals surface area contributed by atoms with Crippen LogP contribution in [-0.2, 0) is 0 Å². The Morgan fingerprint density at radius 1 is 1.39 bits per heavy atom. The lowest BCUT2D eigenvalue weighted by Gasteiger charge is -2.18. The van der Waals surface area contributed by atoms with E-state index in [4.69, 9.17) is 0 Å². The van der Waals surface area contributed by atoms with E-state index in [-0.39, 0.29) is 5.75 Å². The molecule has 1 saturated carbocycles. The number of hydrogen-bond acceptors (Lipinski definition) is 2. The van der Waals surface area contributed by atoms with Crippen molar-refractivity contribution < 1.29 is 17.9 Å². The first-order valence-corrected chi connectivity index (χ1v) is 6.10. The molecule has 0 amide bonds. The van der Waals surface area contributed by atoms with Gasteiger partial charge in [-0.3, -0.25) is 0 Å². The number of nitrogens with one attached hydrogen (secondary N) is 1. The highest BCUT2D eigenvalue weighted by molar-refractivity contribution is 5.49. The van der Waals surface area contributed by atoms with Gasteiger partial charge in [-0.1, -0.05) is 13.0 Å². The molecule has 0 saturated heterocycles. The highest BCUT2D eigenvalue weighted by Gasteiger charge is 2.32. The van der Waals surface area contributed by atoms with Gasteiger partial charge in [-0.15, -0.1) is 13.2 Å². The maximum absolute atomic E-state index is 12.1. The standard InChI is InChI=1S/C13H16F3NO/c1-2-12(9-6-7-9)17-10-4-3-5-11(8-10)18-13(14,15)16/h3-5,8-9,12,17H,2,6-7H2,1H3. The van der Waals surface area contributed by atoms with E-state index in [1.165, 1.54) is 25.0 Å². The first kappa shape index (κ1) is 13.1. The summed E-state index contributed by atoms with van der Waals surface area (Å²) in [5.41, 5.74) is 0.676. The molecule has 1 unspecified atom stereocenters. The van der Waals surface area contributed by atoms with E-state index < -0.39 is 6.36 Å². The van der Waals surface area contributed by atoms with Crippen LogP contribution in [0.4, 0.5) is 18.9 Å². The molecule has 1 aromatic rings. The summed E-state index contributed by atoms with van der Waals surface area (Å²) >= 11 is 0. The second-order valence-electron chi connectivity index (χ2n) is 4.57. The van der Waals surface area contributed by atoms with Crippen molar-refractivity contribution in [2.45, 2.75) is 38.6 Å². The Labute approximate surface area is 104 Å². The quantitative estimate of drug-likeness (QED) is 0.856. The van der Waals surface area contributed by atoms with Gasteiger partial charge in [0.1, 0.15) is 5.75 Å². The average Bonchev–Trinajstić information content (AvgIpc) is 3.08. The van der Waals surface area contributed by atoms with E-state index in [0.29, 0.717) is 17.6 Å². The van der Waals surface area contributed by atoms with Crippen LogP contribution in [-0.4, -0.2) is 12.4 Å². The lowest BCUT2D eigenvalue weighted by molar-refractivity contribution is -0.274. The number of anilines is 1. The molecule has 0 radical (unpaired) electrons. The van der Waals surface area contributed by atoms with Crippen molar-refractivity contribution in [3.8, 4) is 5.75 Å². The van der Waals surface area contributed by atoms with E-state index in [9.17, 15) is 13.2 Å². The monoisotopic (exact) mass is 259 g/mol. The van der Waals surface area contributed by atoms with E-state index in [1.807, 2.05) is 0 Å². The van der Waals surface area contributed by atoms with Gasteiger partial charge >= 0.3 is 6.36 Å². The van der Waals surface area contributed by atoms with Crippen molar-refractivity contribution >= 4 is 5.69 Å². The lowest BCUT2D eigenvalue weighted by Crippen LogP contribution is -2.21. The minimum Gasteiger partial charge on any atom is -0.406 e. The largest absolute Gasteiger partial charge is 0.573 e. The molecular weight excluding hydrogens is 243 g/mol. The van der Waals surface area contributed by atoms with Gasteiger partial charge in [-0.25, -0.2) is 0 Å². The fourth-order valence-electron chi connectivity index (χ4n) is 2.05. The van der Waals surface area contributed by atoms with Crippen molar-refractivity contribution in [1.29, 1.82) is 0 Å². The van der Waals surface area contributed by atoms with Crippen LogP contribution in [0.1, 0.15) is 26.2 Å². The molecule has 0 spiro atoms. The summed E-state index contributed by atoms with van der Waals surface area (Å²) < 4.78 is 40.2. The summed E-state index contributed by atoms with van der Waals surface area (Å²) in [4.78, 5) is 0. The van der Waals surface area contributed by atoms with Gasteiger partial charge in [0.25, 0.3) is 0 Å². The smallest absolute Gasteiger partial charge is 0.406 e. The molecule has 1 aromatic carbocycles. The number of alkyl halides is 3. The zero-order chi connectivity index (χ0) is 13.2. The molecule has 0 aliphatic heterocycles. The molecule has 5 heteroatoms. The van der Waals surface area contributed by atoms with Gasteiger partial charge in [-0.05, 0) is 37.3 Å². The summed E-state index contributed by atoms with van der Waals surface area (Å²) in [5.74, 6) is 0.473. The molecule has 1 atom stereocenters.